The van der Waals surface area contributed by atoms with Gasteiger partial charge in [0.05, 0.1) is 5.56 Å². The molecular formula is C20H17F3N2O. The third-order valence-electron chi connectivity index (χ3n) is 4.42. The summed E-state index contributed by atoms with van der Waals surface area (Å²) in [5.41, 5.74) is 2.05. The topological polar surface area (TPSA) is 32.3 Å². The van der Waals surface area contributed by atoms with Crippen LogP contribution in [0.25, 0.3) is 0 Å². The third-order valence-corrected chi connectivity index (χ3v) is 4.42. The highest BCUT2D eigenvalue weighted by molar-refractivity contribution is 5.92. The van der Waals surface area contributed by atoms with Crippen LogP contribution < -0.4 is 10.2 Å². The van der Waals surface area contributed by atoms with E-state index >= 15 is 0 Å². The third kappa shape index (κ3) is 3.83. The predicted octanol–water partition coefficient (Wildman–Crippen LogP) is 3.77. The van der Waals surface area contributed by atoms with Gasteiger partial charge >= 0.3 is 6.18 Å². The number of nitrogens with one attached hydrogen (secondary N) is 1. The Bertz CT molecular complexity index is 837. The number of benzene rings is 2. The summed E-state index contributed by atoms with van der Waals surface area (Å²) in [4.78, 5) is 13.3. The van der Waals surface area contributed by atoms with Crippen molar-refractivity contribution < 1.29 is 18.0 Å². The van der Waals surface area contributed by atoms with E-state index in [1.807, 2.05) is 35.1 Å². The molecule has 134 valence electrons. The van der Waals surface area contributed by atoms with Gasteiger partial charge in [0.25, 0.3) is 5.91 Å². The number of para-hydroxylation sites is 1. The first-order chi connectivity index (χ1) is 12.4. The van der Waals surface area contributed by atoms with Crippen molar-refractivity contribution in [3.8, 4) is 12.3 Å². The molecule has 0 radical (unpaired) electrons. The van der Waals surface area contributed by atoms with Crippen molar-refractivity contribution in [2.45, 2.75) is 12.6 Å². The average Bonchev–Trinajstić information content (AvgIpc) is 2.64. The Hall–Kier alpha value is -2.94. The van der Waals surface area contributed by atoms with Gasteiger partial charge in [-0.15, -0.1) is 6.42 Å². The SMILES string of the molecule is C#CC(=O)NCC1Cc2ccccc2N(c2ccc(C(F)(F)F)cc2)C1. The molecule has 0 saturated heterocycles. The molecule has 2 aromatic rings. The van der Waals surface area contributed by atoms with Crippen molar-refractivity contribution in [3.63, 3.8) is 0 Å². The minimum absolute atomic E-state index is 0.101. The van der Waals surface area contributed by atoms with Gasteiger partial charge in [-0.25, -0.2) is 0 Å². The van der Waals surface area contributed by atoms with Gasteiger partial charge in [-0.2, -0.15) is 13.2 Å². The van der Waals surface area contributed by atoms with E-state index in [1.165, 1.54) is 12.1 Å². The number of terminal acetylenes is 1. The van der Waals surface area contributed by atoms with Crippen LogP contribution in [0.5, 0.6) is 0 Å². The molecule has 1 aliphatic rings. The maximum atomic E-state index is 12.8. The summed E-state index contributed by atoms with van der Waals surface area (Å²) in [5.74, 6) is 1.65. The van der Waals surface area contributed by atoms with E-state index in [4.69, 9.17) is 6.42 Å². The van der Waals surface area contributed by atoms with Crippen LogP contribution in [0.2, 0.25) is 0 Å². The van der Waals surface area contributed by atoms with Crippen molar-refractivity contribution in [3.05, 3.63) is 59.7 Å². The number of hydrogen-bond donors (Lipinski definition) is 1. The minimum atomic E-state index is -4.36. The molecule has 0 bridgehead atoms. The molecular weight excluding hydrogens is 341 g/mol. The van der Waals surface area contributed by atoms with Crippen LogP contribution in [0.3, 0.4) is 0 Å². The molecule has 26 heavy (non-hydrogen) atoms. The Morgan fingerprint density at radius 1 is 1.19 bits per heavy atom. The van der Waals surface area contributed by atoms with Gasteiger partial charge in [-0.3, -0.25) is 4.79 Å². The van der Waals surface area contributed by atoms with Gasteiger partial charge < -0.3 is 10.2 Å². The maximum absolute atomic E-state index is 12.8. The lowest BCUT2D eigenvalue weighted by Gasteiger charge is -2.36. The number of carbonyl (C=O) groups is 1. The zero-order valence-electron chi connectivity index (χ0n) is 13.9. The molecule has 1 aliphatic heterocycles. The van der Waals surface area contributed by atoms with Gasteiger partial charge in [0, 0.05) is 24.5 Å². The zero-order chi connectivity index (χ0) is 18.7. The summed E-state index contributed by atoms with van der Waals surface area (Å²) in [6.07, 6.45) is 1.47. The largest absolute Gasteiger partial charge is 0.416 e. The fraction of sp³-hybridized carbons (Fsp3) is 0.250. The molecule has 6 heteroatoms. The van der Waals surface area contributed by atoms with Gasteiger partial charge in [0.2, 0.25) is 0 Å². The lowest BCUT2D eigenvalue weighted by atomic mass is 9.91. The molecule has 0 fully saturated rings. The molecule has 1 amide bonds. The molecule has 0 saturated carbocycles. The Balaban J connectivity index is 1.87. The molecule has 3 nitrogen and oxygen atoms in total. The van der Waals surface area contributed by atoms with Crippen molar-refractivity contribution >= 4 is 17.3 Å². The molecule has 2 aromatic carbocycles. The number of anilines is 2. The van der Waals surface area contributed by atoms with Gasteiger partial charge in [-0.1, -0.05) is 18.2 Å². The van der Waals surface area contributed by atoms with Gasteiger partial charge in [-0.05, 0) is 54.2 Å². The molecule has 0 spiro atoms. The van der Waals surface area contributed by atoms with Gasteiger partial charge in [0.15, 0.2) is 0 Å². The quantitative estimate of drug-likeness (QED) is 0.848. The van der Waals surface area contributed by atoms with Crippen LogP contribution in [-0.2, 0) is 17.4 Å². The number of carbonyl (C=O) groups excluding carboxylic acids is 1. The number of hydrogen-bond acceptors (Lipinski definition) is 2. The van der Waals surface area contributed by atoms with Crippen LogP contribution in [0.1, 0.15) is 11.1 Å². The highest BCUT2D eigenvalue weighted by Crippen LogP contribution is 2.37. The molecule has 1 unspecified atom stereocenters. The normalized spacial score (nSPS) is 16.5. The molecule has 3 rings (SSSR count). The summed E-state index contributed by atoms with van der Waals surface area (Å²) < 4.78 is 38.4. The number of fused-ring (bicyclic) bond motifs is 1. The fourth-order valence-corrected chi connectivity index (χ4v) is 3.18. The fourth-order valence-electron chi connectivity index (χ4n) is 3.18. The van der Waals surface area contributed by atoms with E-state index in [1.54, 1.807) is 0 Å². The smallest absolute Gasteiger partial charge is 0.345 e. The van der Waals surface area contributed by atoms with Crippen molar-refractivity contribution in [1.29, 1.82) is 0 Å². The van der Waals surface area contributed by atoms with Crippen LogP contribution in [0.4, 0.5) is 24.5 Å². The second kappa shape index (κ2) is 7.12. The van der Waals surface area contributed by atoms with Crippen LogP contribution in [-0.4, -0.2) is 19.0 Å². The number of amides is 1. The first-order valence-corrected chi connectivity index (χ1v) is 8.15. The van der Waals surface area contributed by atoms with E-state index in [9.17, 15) is 18.0 Å². The Morgan fingerprint density at radius 2 is 1.88 bits per heavy atom. The van der Waals surface area contributed by atoms with E-state index in [0.717, 1.165) is 29.8 Å². The minimum Gasteiger partial charge on any atom is -0.345 e. The summed E-state index contributed by atoms with van der Waals surface area (Å²) >= 11 is 0. The van der Waals surface area contributed by atoms with Crippen LogP contribution in [0.15, 0.2) is 48.5 Å². The number of halogens is 3. The monoisotopic (exact) mass is 358 g/mol. The van der Waals surface area contributed by atoms with E-state index in [0.29, 0.717) is 18.8 Å². The molecule has 1 heterocycles. The first-order valence-electron chi connectivity index (χ1n) is 8.15. The average molecular weight is 358 g/mol. The highest BCUT2D eigenvalue weighted by atomic mass is 19.4. The lowest BCUT2D eigenvalue weighted by Crippen LogP contribution is -2.39. The van der Waals surface area contributed by atoms with Crippen molar-refractivity contribution in [2.24, 2.45) is 5.92 Å². The molecule has 0 aromatic heterocycles. The maximum Gasteiger partial charge on any atom is 0.416 e. The summed E-state index contributed by atoms with van der Waals surface area (Å²) in [7, 11) is 0. The predicted molar refractivity (Wildman–Crippen MR) is 93.9 cm³/mol. The Labute approximate surface area is 149 Å². The summed E-state index contributed by atoms with van der Waals surface area (Å²) in [5, 5.41) is 2.68. The summed E-state index contributed by atoms with van der Waals surface area (Å²) in [6.45, 7) is 0.988. The van der Waals surface area contributed by atoms with E-state index in [2.05, 4.69) is 5.32 Å². The zero-order valence-corrected chi connectivity index (χ0v) is 13.9. The van der Waals surface area contributed by atoms with Crippen molar-refractivity contribution in [1.82, 2.24) is 5.32 Å². The molecule has 1 atom stereocenters. The van der Waals surface area contributed by atoms with Crippen LogP contribution in [0, 0.1) is 18.3 Å². The van der Waals surface area contributed by atoms with Crippen molar-refractivity contribution in [2.75, 3.05) is 18.0 Å². The number of rotatable bonds is 3. The summed E-state index contributed by atoms with van der Waals surface area (Å²) in [6, 6.07) is 12.9. The van der Waals surface area contributed by atoms with E-state index in [-0.39, 0.29) is 5.92 Å². The van der Waals surface area contributed by atoms with Gasteiger partial charge in [0.1, 0.15) is 0 Å². The number of alkyl halides is 3. The second-order valence-corrected chi connectivity index (χ2v) is 6.21. The Kier molecular flexibility index (Phi) is 4.90. The highest BCUT2D eigenvalue weighted by Gasteiger charge is 2.31. The number of nitrogens with zero attached hydrogens (tertiary/aromatic N) is 1. The molecule has 1 N–H and O–H groups in total. The van der Waals surface area contributed by atoms with E-state index < -0.39 is 17.6 Å². The Morgan fingerprint density at radius 3 is 2.54 bits per heavy atom. The molecule has 0 aliphatic carbocycles. The standard InChI is InChI=1S/C20H17F3N2O/c1-2-19(26)24-12-14-11-15-5-3-4-6-18(15)25(13-14)17-9-7-16(8-10-17)20(21,22)23/h1,3-10,14H,11-13H2,(H,24,26). The second-order valence-electron chi connectivity index (χ2n) is 6.21. The lowest BCUT2D eigenvalue weighted by molar-refractivity contribution is -0.137. The van der Waals surface area contributed by atoms with Crippen LogP contribution >= 0.6 is 0 Å². The first kappa shape index (κ1) is 17.9.